The molecule has 198 valence electrons. The van der Waals surface area contributed by atoms with E-state index in [4.69, 9.17) is 16.3 Å². The highest BCUT2D eigenvalue weighted by Crippen LogP contribution is 2.25. The van der Waals surface area contributed by atoms with Crippen LogP contribution in [0.2, 0.25) is 5.02 Å². The van der Waals surface area contributed by atoms with E-state index in [1.54, 1.807) is 31.2 Å². The average molecular weight is 542 g/mol. The molecule has 2 aromatic carbocycles. The summed E-state index contributed by atoms with van der Waals surface area (Å²) in [6, 6.07) is 9.53. The van der Waals surface area contributed by atoms with Gasteiger partial charge in [-0.25, -0.2) is 12.8 Å². The molecule has 36 heavy (non-hydrogen) atoms. The van der Waals surface area contributed by atoms with E-state index >= 15 is 0 Å². The number of sulfonamides is 1. The number of methoxy groups -OCH3 is 1. The Hall–Kier alpha value is -2.85. The van der Waals surface area contributed by atoms with Gasteiger partial charge in [-0.15, -0.1) is 0 Å². The molecule has 1 unspecified atom stereocenters. The smallest absolute Gasteiger partial charge is 0.244 e. The van der Waals surface area contributed by atoms with Crippen molar-refractivity contribution in [1.29, 1.82) is 0 Å². The molecule has 0 saturated carbocycles. The molecule has 0 saturated heterocycles. The number of halogens is 2. The first-order valence-corrected chi connectivity index (χ1v) is 13.6. The van der Waals surface area contributed by atoms with Crippen LogP contribution in [0.3, 0.4) is 0 Å². The first kappa shape index (κ1) is 29.4. The van der Waals surface area contributed by atoms with Gasteiger partial charge in [-0.2, -0.15) is 0 Å². The third kappa shape index (κ3) is 8.09. The third-order valence-electron chi connectivity index (χ3n) is 5.27. The number of hydrogen-bond donors (Lipinski definition) is 1. The summed E-state index contributed by atoms with van der Waals surface area (Å²) in [6.07, 6.45) is 1.24. The van der Waals surface area contributed by atoms with Crippen LogP contribution in [0.5, 0.6) is 5.75 Å². The highest BCUT2D eigenvalue weighted by Gasteiger charge is 2.33. The summed E-state index contributed by atoms with van der Waals surface area (Å²) >= 11 is 5.86. The number of ether oxygens (including phenoxy) is 1. The zero-order valence-electron chi connectivity index (χ0n) is 21.3. The maximum absolute atomic E-state index is 13.7. The minimum atomic E-state index is -3.95. The van der Waals surface area contributed by atoms with Crippen LogP contribution in [0.15, 0.2) is 42.5 Å². The first-order chi connectivity index (χ1) is 16.7. The Morgan fingerprint density at radius 2 is 1.75 bits per heavy atom. The van der Waals surface area contributed by atoms with Gasteiger partial charge in [-0.05, 0) is 63.1 Å². The van der Waals surface area contributed by atoms with Crippen molar-refractivity contribution >= 4 is 39.1 Å². The van der Waals surface area contributed by atoms with E-state index in [9.17, 15) is 22.4 Å². The average Bonchev–Trinajstić information content (AvgIpc) is 2.77. The van der Waals surface area contributed by atoms with Crippen molar-refractivity contribution in [3.05, 3.63) is 58.9 Å². The second kappa shape index (κ2) is 11.9. The normalized spacial score (nSPS) is 12.6. The minimum absolute atomic E-state index is 0.0360. The van der Waals surface area contributed by atoms with Gasteiger partial charge in [0.15, 0.2) is 0 Å². The van der Waals surface area contributed by atoms with Gasteiger partial charge in [0.25, 0.3) is 0 Å². The van der Waals surface area contributed by atoms with E-state index in [0.717, 1.165) is 28.3 Å². The molecular weight excluding hydrogens is 509 g/mol. The highest BCUT2D eigenvalue weighted by atomic mass is 35.5. The van der Waals surface area contributed by atoms with Crippen molar-refractivity contribution in [1.82, 2.24) is 10.2 Å². The quantitative estimate of drug-likeness (QED) is 0.491. The van der Waals surface area contributed by atoms with Crippen LogP contribution in [0, 0.1) is 5.82 Å². The first-order valence-electron chi connectivity index (χ1n) is 11.3. The number of hydrogen-bond acceptors (Lipinski definition) is 5. The van der Waals surface area contributed by atoms with Gasteiger partial charge in [0, 0.05) is 12.1 Å². The van der Waals surface area contributed by atoms with Crippen LogP contribution in [0.4, 0.5) is 10.1 Å². The maximum Gasteiger partial charge on any atom is 0.244 e. The summed E-state index contributed by atoms with van der Waals surface area (Å²) in [7, 11) is -2.41. The Morgan fingerprint density at radius 1 is 1.14 bits per heavy atom. The van der Waals surface area contributed by atoms with Crippen LogP contribution in [-0.2, 0) is 26.2 Å². The predicted molar refractivity (Wildman–Crippen MR) is 139 cm³/mol. The van der Waals surface area contributed by atoms with Gasteiger partial charge < -0.3 is 15.0 Å². The van der Waals surface area contributed by atoms with Crippen molar-refractivity contribution in [2.75, 3.05) is 24.2 Å². The topological polar surface area (TPSA) is 96.0 Å². The van der Waals surface area contributed by atoms with Crippen LogP contribution in [-0.4, -0.2) is 56.6 Å². The Bertz CT molecular complexity index is 1180. The van der Waals surface area contributed by atoms with E-state index in [1.165, 1.54) is 18.1 Å². The van der Waals surface area contributed by atoms with Crippen molar-refractivity contribution in [3.8, 4) is 5.75 Å². The van der Waals surface area contributed by atoms with E-state index in [1.807, 2.05) is 20.8 Å². The van der Waals surface area contributed by atoms with Gasteiger partial charge in [-0.1, -0.05) is 30.7 Å². The fourth-order valence-corrected chi connectivity index (χ4v) is 4.57. The standard InChI is InChI=1S/C25H33ClFN3O5S/c1-7-22(24(32)28-25(2,3)4)29(15-17-8-11-19(35-5)12-9-17)23(31)16-30(36(6,33)34)18-10-13-21(27)20(26)14-18/h8-14,22H,7,15-16H2,1-6H3,(H,28,32). The molecule has 2 amide bonds. The van der Waals surface area contributed by atoms with Crippen LogP contribution in [0.1, 0.15) is 39.7 Å². The Balaban J connectivity index is 2.47. The summed E-state index contributed by atoms with van der Waals surface area (Å²) in [5.74, 6) is -1.05. The number of benzene rings is 2. The van der Waals surface area contributed by atoms with Gasteiger partial charge >= 0.3 is 0 Å². The lowest BCUT2D eigenvalue weighted by Crippen LogP contribution is -2.55. The Kier molecular flexibility index (Phi) is 9.73. The Labute approximate surface area is 217 Å². The fraction of sp³-hybridized carbons (Fsp3) is 0.440. The lowest BCUT2D eigenvalue weighted by atomic mass is 10.1. The second-order valence-corrected chi connectivity index (χ2v) is 11.7. The van der Waals surface area contributed by atoms with Crippen molar-refractivity contribution in [3.63, 3.8) is 0 Å². The number of carbonyl (C=O) groups is 2. The van der Waals surface area contributed by atoms with Crippen molar-refractivity contribution in [2.24, 2.45) is 0 Å². The third-order valence-corrected chi connectivity index (χ3v) is 6.70. The van der Waals surface area contributed by atoms with Crippen LogP contribution >= 0.6 is 11.6 Å². The van der Waals surface area contributed by atoms with E-state index in [2.05, 4.69) is 5.32 Å². The van der Waals surface area contributed by atoms with Crippen LogP contribution < -0.4 is 14.4 Å². The zero-order chi connectivity index (χ0) is 27.3. The van der Waals surface area contributed by atoms with Gasteiger partial charge in [-0.3, -0.25) is 13.9 Å². The second-order valence-electron chi connectivity index (χ2n) is 9.40. The molecule has 0 aliphatic rings. The molecule has 2 aromatic rings. The number of anilines is 1. The van der Waals surface area contributed by atoms with E-state index < -0.39 is 39.9 Å². The van der Waals surface area contributed by atoms with Gasteiger partial charge in [0.2, 0.25) is 21.8 Å². The SMILES string of the molecule is CCC(C(=O)NC(C)(C)C)N(Cc1ccc(OC)cc1)C(=O)CN(c1ccc(F)c(Cl)c1)S(C)(=O)=O. The summed E-state index contributed by atoms with van der Waals surface area (Å²) in [5, 5.41) is 2.62. The van der Waals surface area contributed by atoms with Crippen molar-refractivity contribution < 1.29 is 27.1 Å². The van der Waals surface area contributed by atoms with Gasteiger partial charge in [0.1, 0.15) is 24.2 Å². The number of rotatable bonds is 10. The summed E-state index contributed by atoms with van der Waals surface area (Å²) < 4.78 is 44.9. The van der Waals surface area contributed by atoms with E-state index in [0.29, 0.717) is 12.2 Å². The molecule has 0 fully saturated rings. The number of amides is 2. The molecule has 0 aliphatic heterocycles. The molecule has 0 heterocycles. The maximum atomic E-state index is 13.7. The molecule has 11 heteroatoms. The van der Waals surface area contributed by atoms with Crippen molar-refractivity contribution in [2.45, 2.75) is 52.2 Å². The lowest BCUT2D eigenvalue weighted by molar-refractivity contribution is -0.141. The molecule has 0 bridgehead atoms. The minimum Gasteiger partial charge on any atom is -0.497 e. The molecule has 1 atom stereocenters. The molecule has 2 rings (SSSR count). The molecule has 0 aliphatic carbocycles. The van der Waals surface area contributed by atoms with Gasteiger partial charge in [0.05, 0.1) is 24.1 Å². The zero-order valence-corrected chi connectivity index (χ0v) is 22.9. The molecule has 8 nitrogen and oxygen atoms in total. The molecule has 0 radical (unpaired) electrons. The monoisotopic (exact) mass is 541 g/mol. The Morgan fingerprint density at radius 3 is 2.22 bits per heavy atom. The molecular formula is C25H33ClFN3O5S. The van der Waals surface area contributed by atoms with Crippen LogP contribution in [0.25, 0.3) is 0 Å². The largest absolute Gasteiger partial charge is 0.497 e. The summed E-state index contributed by atoms with van der Waals surface area (Å²) in [4.78, 5) is 28.1. The molecule has 0 aromatic heterocycles. The summed E-state index contributed by atoms with van der Waals surface area (Å²) in [6.45, 7) is 6.72. The lowest BCUT2D eigenvalue weighted by Gasteiger charge is -2.34. The molecule has 1 N–H and O–H groups in total. The number of nitrogens with one attached hydrogen (secondary N) is 1. The van der Waals surface area contributed by atoms with E-state index in [-0.39, 0.29) is 23.2 Å². The number of carbonyl (C=O) groups excluding carboxylic acids is 2. The fourth-order valence-electron chi connectivity index (χ4n) is 3.55. The number of nitrogens with zero attached hydrogens (tertiary/aromatic N) is 2. The predicted octanol–water partition coefficient (Wildman–Crippen LogP) is 3.98. The highest BCUT2D eigenvalue weighted by molar-refractivity contribution is 7.92. The molecule has 0 spiro atoms. The summed E-state index contributed by atoms with van der Waals surface area (Å²) in [5.41, 5.74) is 0.221.